The summed E-state index contributed by atoms with van der Waals surface area (Å²) < 4.78 is 11.2. The van der Waals surface area contributed by atoms with Gasteiger partial charge in [-0.3, -0.25) is 4.79 Å². The Morgan fingerprint density at radius 1 is 1.23 bits per heavy atom. The van der Waals surface area contributed by atoms with Gasteiger partial charge in [0.15, 0.2) is 0 Å². The summed E-state index contributed by atoms with van der Waals surface area (Å²) in [5.74, 6) is 0.870. The molecule has 0 spiro atoms. The van der Waals surface area contributed by atoms with Gasteiger partial charge in [-0.05, 0) is 50.5 Å². The van der Waals surface area contributed by atoms with Gasteiger partial charge in [-0.25, -0.2) is 9.97 Å². The molecule has 6 nitrogen and oxygen atoms in total. The van der Waals surface area contributed by atoms with Crippen LogP contribution in [0, 0.1) is 13.8 Å². The lowest BCUT2D eigenvalue weighted by Gasteiger charge is -2.32. The number of rotatable bonds is 5. The first-order valence-corrected chi connectivity index (χ1v) is 8.93. The summed E-state index contributed by atoms with van der Waals surface area (Å²) in [6, 6.07) is 9.94. The highest BCUT2D eigenvalue weighted by Gasteiger charge is 2.25. The van der Waals surface area contributed by atoms with E-state index in [0.717, 1.165) is 42.1 Å². The molecule has 2 heterocycles. The molecule has 0 saturated carbocycles. The molecule has 0 N–H and O–H groups in total. The molecule has 1 aliphatic rings. The van der Waals surface area contributed by atoms with E-state index in [-0.39, 0.29) is 12.0 Å². The van der Waals surface area contributed by atoms with Crippen molar-refractivity contribution < 1.29 is 14.3 Å². The number of benzene rings is 1. The standard InChI is InChI=1S/C20H25N3O3/c1-14-10-15(2)22-20(21-14)26-18-8-5-9-23(13-18)19(24)12-16-6-4-7-17(11-16)25-3/h4,6-7,10-11,18H,5,8-9,12-13H2,1-3H3. The SMILES string of the molecule is COc1cccc(CC(=O)N2CCCC(Oc3nc(C)cc(C)n3)C2)c1. The van der Waals surface area contributed by atoms with Gasteiger partial charge in [0, 0.05) is 17.9 Å². The minimum atomic E-state index is -0.0702. The van der Waals surface area contributed by atoms with Crippen molar-refractivity contribution in [2.75, 3.05) is 20.2 Å². The van der Waals surface area contributed by atoms with Crippen LogP contribution in [0.1, 0.15) is 29.8 Å². The van der Waals surface area contributed by atoms with Crippen LogP contribution < -0.4 is 9.47 Å². The number of carbonyl (C=O) groups excluding carboxylic acids is 1. The topological polar surface area (TPSA) is 64.5 Å². The maximum absolute atomic E-state index is 12.7. The van der Waals surface area contributed by atoms with Crippen molar-refractivity contribution in [3.05, 3.63) is 47.3 Å². The van der Waals surface area contributed by atoms with E-state index in [4.69, 9.17) is 9.47 Å². The largest absolute Gasteiger partial charge is 0.497 e. The van der Waals surface area contributed by atoms with E-state index in [1.807, 2.05) is 49.1 Å². The van der Waals surface area contributed by atoms with Crippen molar-refractivity contribution in [3.63, 3.8) is 0 Å². The predicted octanol–water partition coefficient (Wildman–Crippen LogP) is 2.71. The quantitative estimate of drug-likeness (QED) is 0.825. The second kappa shape index (κ2) is 8.17. The van der Waals surface area contributed by atoms with Crippen molar-refractivity contribution >= 4 is 5.91 Å². The zero-order chi connectivity index (χ0) is 18.5. The van der Waals surface area contributed by atoms with Gasteiger partial charge in [0.1, 0.15) is 11.9 Å². The number of aryl methyl sites for hydroxylation is 2. The molecule has 1 aromatic carbocycles. The summed E-state index contributed by atoms with van der Waals surface area (Å²) in [5.41, 5.74) is 2.72. The third-order valence-electron chi connectivity index (χ3n) is 4.45. The van der Waals surface area contributed by atoms with E-state index in [1.165, 1.54) is 0 Å². The maximum atomic E-state index is 12.7. The first kappa shape index (κ1) is 18.2. The molecule has 2 aromatic rings. The van der Waals surface area contributed by atoms with Crippen LogP contribution in [0.2, 0.25) is 0 Å². The summed E-state index contributed by atoms with van der Waals surface area (Å²) in [4.78, 5) is 23.2. The highest BCUT2D eigenvalue weighted by Crippen LogP contribution is 2.18. The van der Waals surface area contributed by atoms with E-state index in [1.54, 1.807) is 7.11 Å². The van der Waals surface area contributed by atoms with Crippen molar-refractivity contribution in [1.29, 1.82) is 0 Å². The van der Waals surface area contributed by atoms with Crippen molar-refractivity contribution in [1.82, 2.24) is 14.9 Å². The minimum absolute atomic E-state index is 0.0702. The van der Waals surface area contributed by atoms with E-state index in [9.17, 15) is 4.79 Å². The Balaban J connectivity index is 1.61. The molecule has 26 heavy (non-hydrogen) atoms. The van der Waals surface area contributed by atoms with E-state index in [0.29, 0.717) is 19.0 Å². The Labute approximate surface area is 154 Å². The predicted molar refractivity (Wildman–Crippen MR) is 98.4 cm³/mol. The maximum Gasteiger partial charge on any atom is 0.317 e. The number of nitrogens with zero attached hydrogens (tertiary/aromatic N) is 3. The van der Waals surface area contributed by atoms with E-state index < -0.39 is 0 Å². The molecular formula is C20H25N3O3. The molecule has 3 rings (SSSR count). The summed E-state index contributed by atoms with van der Waals surface area (Å²) >= 11 is 0. The molecule has 1 aliphatic heterocycles. The molecule has 1 unspecified atom stereocenters. The Morgan fingerprint density at radius 2 is 2.00 bits per heavy atom. The van der Waals surface area contributed by atoms with Gasteiger partial charge in [-0.2, -0.15) is 0 Å². The summed E-state index contributed by atoms with van der Waals surface area (Å²) in [5, 5.41) is 0. The minimum Gasteiger partial charge on any atom is -0.497 e. The molecule has 6 heteroatoms. The van der Waals surface area contributed by atoms with Gasteiger partial charge in [-0.15, -0.1) is 0 Å². The zero-order valence-corrected chi connectivity index (χ0v) is 15.6. The lowest BCUT2D eigenvalue weighted by atomic mass is 10.1. The highest BCUT2D eigenvalue weighted by molar-refractivity contribution is 5.79. The summed E-state index contributed by atoms with van der Waals surface area (Å²) in [7, 11) is 1.63. The van der Waals surface area contributed by atoms with Crippen LogP contribution in [0.25, 0.3) is 0 Å². The number of hydrogen-bond acceptors (Lipinski definition) is 5. The molecule has 1 atom stereocenters. The number of amides is 1. The Morgan fingerprint density at radius 3 is 2.73 bits per heavy atom. The van der Waals surface area contributed by atoms with Crippen LogP contribution in [0.4, 0.5) is 0 Å². The first-order valence-electron chi connectivity index (χ1n) is 8.93. The average molecular weight is 355 g/mol. The highest BCUT2D eigenvalue weighted by atomic mass is 16.5. The number of hydrogen-bond donors (Lipinski definition) is 0. The normalized spacial score (nSPS) is 17.0. The lowest BCUT2D eigenvalue weighted by Crippen LogP contribution is -2.45. The van der Waals surface area contributed by atoms with Crippen molar-refractivity contribution in [2.45, 2.75) is 39.2 Å². The summed E-state index contributed by atoms with van der Waals surface area (Å²) in [6.07, 6.45) is 2.11. The van der Waals surface area contributed by atoms with Gasteiger partial charge in [-0.1, -0.05) is 12.1 Å². The van der Waals surface area contributed by atoms with Gasteiger partial charge in [0.2, 0.25) is 5.91 Å². The Hall–Kier alpha value is -2.63. The van der Waals surface area contributed by atoms with Crippen LogP contribution in [0.15, 0.2) is 30.3 Å². The number of carbonyl (C=O) groups is 1. The number of likely N-dealkylation sites (tertiary alicyclic amines) is 1. The molecule has 1 fully saturated rings. The molecule has 0 bridgehead atoms. The van der Waals surface area contributed by atoms with E-state index >= 15 is 0 Å². The number of methoxy groups -OCH3 is 1. The van der Waals surface area contributed by atoms with Crippen LogP contribution in [-0.4, -0.2) is 47.1 Å². The molecule has 1 amide bonds. The Bertz CT molecular complexity index is 758. The number of ether oxygens (including phenoxy) is 2. The molecule has 1 saturated heterocycles. The van der Waals surface area contributed by atoms with Gasteiger partial charge in [0.25, 0.3) is 0 Å². The third kappa shape index (κ3) is 4.71. The van der Waals surface area contributed by atoms with Crippen molar-refractivity contribution in [2.24, 2.45) is 0 Å². The molecule has 1 aromatic heterocycles. The smallest absolute Gasteiger partial charge is 0.317 e. The number of piperidine rings is 1. The van der Waals surface area contributed by atoms with Crippen LogP contribution in [-0.2, 0) is 11.2 Å². The first-order chi connectivity index (χ1) is 12.5. The van der Waals surface area contributed by atoms with Gasteiger partial charge in [0.05, 0.1) is 20.1 Å². The Kier molecular flexibility index (Phi) is 5.71. The monoisotopic (exact) mass is 355 g/mol. The molecular weight excluding hydrogens is 330 g/mol. The lowest BCUT2D eigenvalue weighted by molar-refractivity contribution is -0.133. The van der Waals surface area contributed by atoms with Crippen LogP contribution in [0.3, 0.4) is 0 Å². The van der Waals surface area contributed by atoms with E-state index in [2.05, 4.69) is 9.97 Å². The second-order valence-corrected chi connectivity index (χ2v) is 6.68. The molecule has 0 radical (unpaired) electrons. The number of aromatic nitrogens is 2. The van der Waals surface area contributed by atoms with Gasteiger partial charge >= 0.3 is 6.01 Å². The average Bonchev–Trinajstić information content (AvgIpc) is 2.61. The van der Waals surface area contributed by atoms with Crippen LogP contribution in [0.5, 0.6) is 11.8 Å². The fraction of sp³-hybridized carbons (Fsp3) is 0.450. The summed E-state index contributed by atoms with van der Waals surface area (Å²) in [6.45, 7) is 5.17. The fourth-order valence-electron chi connectivity index (χ4n) is 3.23. The second-order valence-electron chi connectivity index (χ2n) is 6.68. The molecule has 0 aliphatic carbocycles. The van der Waals surface area contributed by atoms with Crippen molar-refractivity contribution in [3.8, 4) is 11.8 Å². The zero-order valence-electron chi connectivity index (χ0n) is 15.6. The molecule has 138 valence electrons. The fourth-order valence-corrected chi connectivity index (χ4v) is 3.23. The van der Waals surface area contributed by atoms with Gasteiger partial charge < -0.3 is 14.4 Å². The van der Waals surface area contributed by atoms with Crippen LogP contribution >= 0.6 is 0 Å². The third-order valence-corrected chi connectivity index (χ3v) is 4.45.